The predicted molar refractivity (Wildman–Crippen MR) is 136 cm³/mol. The molecule has 0 unspecified atom stereocenters. The van der Waals surface area contributed by atoms with Crippen LogP contribution in [-0.4, -0.2) is 33.7 Å². The van der Waals surface area contributed by atoms with Gasteiger partial charge >= 0.3 is 0 Å². The van der Waals surface area contributed by atoms with E-state index in [0.29, 0.717) is 40.2 Å². The summed E-state index contributed by atoms with van der Waals surface area (Å²) in [6, 6.07) is 20.4. The van der Waals surface area contributed by atoms with Gasteiger partial charge in [-0.15, -0.1) is 0 Å². The highest BCUT2D eigenvalue weighted by atomic mass is 35.5. The fraction of sp³-hybridized carbons (Fsp3) is 0.214. The molecule has 6 nitrogen and oxygen atoms in total. The summed E-state index contributed by atoms with van der Waals surface area (Å²) in [6.07, 6.45) is 1.86. The van der Waals surface area contributed by atoms with Crippen molar-refractivity contribution in [2.45, 2.75) is 32.4 Å². The zero-order chi connectivity index (χ0) is 25.2. The van der Waals surface area contributed by atoms with Crippen molar-refractivity contribution in [3.05, 3.63) is 100 Å². The Balaban J connectivity index is 1.55. The molecule has 0 spiro atoms. The van der Waals surface area contributed by atoms with Gasteiger partial charge < -0.3 is 14.4 Å². The van der Waals surface area contributed by atoms with Gasteiger partial charge in [0.15, 0.2) is 0 Å². The molecule has 36 heavy (non-hydrogen) atoms. The maximum Gasteiger partial charge on any atom is 0.254 e. The van der Waals surface area contributed by atoms with Crippen molar-refractivity contribution in [1.29, 1.82) is 0 Å². The summed E-state index contributed by atoms with van der Waals surface area (Å²) < 4.78 is 27.1. The molecule has 1 fully saturated rings. The van der Waals surface area contributed by atoms with Crippen LogP contribution in [0.1, 0.15) is 34.5 Å². The van der Waals surface area contributed by atoms with E-state index in [-0.39, 0.29) is 11.9 Å². The molecule has 0 bridgehead atoms. The topological polar surface area (TPSA) is 56.6 Å². The van der Waals surface area contributed by atoms with E-state index < -0.39 is 5.82 Å². The first-order chi connectivity index (χ1) is 17.4. The fourth-order valence-electron chi connectivity index (χ4n) is 4.07. The van der Waals surface area contributed by atoms with Crippen LogP contribution in [0.2, 0.25) is 5.02 Å². The summed E-state index contributed by atoms with van der Waals surface area (Å²) in [4.78, 5) is 15.4. The molecule has 5 rings (SSSR count). The van der Waals surface area contributed by atoms with E-state index in [1.165, 1.54) is 12.1 Å². The molecule has 0 N–H and O–H groups in total. The van der Waals surface area contributed by atoms with Crippen LogP contribution in [-0.2, 0) is 6.54 Å². The molecular weight excluding hydrogens is 481 g/mol. The van der Waals surface area contributed by atoms with Crippen LogP contribution < -0.4 is 9.47 Å². The van der Waals surface area contributed by atoms with E-state index in [4.69, 9.17) is 26.2 Å². The Labute approximate surface area is 213 Å². The number of hydrogen-bond acceptors (Lipinski definition) is 4. The van der Waals surface area contributed by atoms with Crippen molar-refractivity contribution < 1.29 is 18.7 Å². The Bertz CT molecular complexity index is 1400. The van der Waals surface area contributed by atoms with Crippen LogP contribution in [0.15, 0.2) is 72.8 Å². The number of benzene rings is 3. The number of rotatable bonds is 8. The quantitative estimate of drug-likeness (QED) is 0.271. The second kappa shape index (κ2) is 10.0. The smallest absolute Gasteiger partial charge is 0.254 e. The number of aryl methyl sites for hydroxylation is 1. The number of aromatic nitrogens is 2. The van der Waals surface area contributed by atoms with Gasteiger partial charge in [0, 0.05) is 22.7 Å². The summed E-state index contributed by atoms with van der Waals surface area (Å²) in [5.74, 6) is 0.884. The predicted octanol–water partition coefficient (Wildman–Crippen LogP) is 6.58. The molecule has 0 saturated heterocycles. The van der Waals surface area contributed by atoms with Gasteiger partial charge in [0.25, 0.3) is 5.91 Å². The molecule has 3 aromatic carbocycles. The maximum atomic E-state index is 13.9. The molecule has 0 aliphatic heterocycles. The van der Waals surface area contributed by atoms with E-state index in [2.05, 4.69) is 0 Å². The van der Waals surface area contributed by atoms with Gasteiger partial charge in [0.2, 0.25) is 5.88 Å². The van der Waals surface area contributed by atoms with Gasteiger partial charge in [0.05, 0.1) is 30.6 Å². The first-order valence-electron chi connectivity index (χ1n) is 11.7. The first-order valence-corrected chi connectivity index (χ1v) is 12.0. The summed E-state index contributed by atoms with van der Waals surface area (Å²) >= 11 is 6.09. The third-order valence-electron chi connectivity index (χ3n) is 6.11. The van der Waals surface area contributed by atoms with Crippen molar-refractivity contribution in [3.8, 4) is 23.1 Å². The highest BCUT2D eigenvalue weighted by Crippen LogP contribution is 2.36. The molecule has 1 amide bonds. The summed E-state index contributed by atoms with van der Waals surface area (Å²) in [7, 11) is 1.58. The Morgan fingerprint density at radius 2 is 1.81 bits per heavy atom. The van der Waals surface area contributed by atoms with Crippen LogP contribution in [0.3, 0.4) is 0 Å². The number of halogens is 2. The van der Waals surface area contributed by atoms with E-state index in [9.17, 15) is 9.18 Å². The Morgan fingerprint density at radius 1 is 1.08 bits per heavy atom. The SMILES string of the molecule is COc1cccc(C(=O)N(Cc2c(C)nn(-c3ccc(Cl)cc3)c2Oc2cccc(F)c2)C2CC2)c1. The van der Waals surface area contributed by atoms with Crippen LogP contribution in [0.4, 0.5) is 4.39 Å². The zero-order valence-electron chi connectivity index (χ0n) is 19.9. The second-order valence-corrected chi connectivity index (χ2v) is 9.15. The number of hydrogen-bond donors (Lipinski definition) is 0. The van der Waals surface area contributed by atoms with Crippen molar-refractivity contribution >= 4 is 17.5 Å². The fourth-order valence-corrected chi connectivity index (χ4v) is 4.20. The number of methoxy groups -OCH3 is 1. The van der Waals surface area contributed by atoms with Gasteiger partial charge in [0.1, 0.15) is 17.3 Å². The molecule has 184 valence electrons. The molecule has 1 saturated carbocycles. The first kappa shape index (κ1) is 23.9. The highest BCUT2D eigenvalue weighted by molar-refractivity contribution is 6.30. The molecule has 1 aromatic heterocycles. The van der Waals surface area contributed by atoms with E-state index in [1.807, 2.05) is 30.0 Å². The Kier molecular flexibility index (Phi) is 6.65. The standard InChI is InChI=1S/C28H25ClFN3O3/c1-18-26(17-32(22-13-14-22)27(34)19-5-3-7-24(15-19)35-2)28(36-25-8-4-6-21(30)16-25)33(31-18)23-11-9-20(29)10-12-23/h3-12,15-16,22H,13-14,17H2,1-2H3. The van der Waals surface area contributed by atoms with Gasteiger partial charge in [-0.2, -0.15) is 5.10 Å². The highest BCUT2D eigenvalue weighted by Gasteiger charge is 2.35. The van der Waals surface area contributed by atoms with Crippen LogP contribution >= 0.6 is 11.6 Å². The molecular formula is C28H25ClFN3O3. The Morgan fingerprint density at radius 3 is 2.50 bits per heavy atom. The molecule has 1 heterocycles. The van der Waals surface area contributed by atoms with Gasteiger partial charge in [-0.05, 0) is 74.4 Å². The van der Waals surface area contributed by atoms with E-state index >= 15 is 0 Å². The third-order valence-corrected chi connectivity index (χ3v) is 6.36. The molecule has 4 aromatic rings. The molecule has 1 aliphatic rings. The van der Waals surface area contributed by atoms with Crippen molar-refractivity contribution in [3.63, 3.8) is 0 Å². The minimum Gasteiger partial charge on any atom is -0.497 e. The Hall–Kier alpha value is -3.84. The third kappa shape index (κ3) is 5.06. The molecule has 8 heteroatoms. The largest absolute Gasteiger partial charge is 0.497 e. The minimum absolute atomic E-state index is 0.0910. The molecule has 0 atom stereocenters. The van der Waals surface area contributed by atoms with E-state index in [1.54, 1.807) is 54.3 Å². The van der Waals surface area contributed by atoms with Crippen LogP contribution in [0.5, 0.6) is 17.4 Å². The lowest BCUT2D eigenvalue weighted by atomic mass is 10.1. The lowest BCUT2D eigenvalue weighted by molar-refractivity contribution is 0.0728. The van der Waals surface area contributed by atoms with E-state index in [0.717, 1.165) is 24.1 Å². The van der Waals surface area contributed by atoms with Crippen molar-refractivity contribution in [2.75, 3.05) is 7.11 Å². The number of carbonyl (C=O) groups excluding carboxylic acids is 1. The number of ether oxygens (including phenoxy) is 2. The lowest BCUT2D eigenvalue weighted by Crippen LogP contribution is -2.32. The lowest BCUT2D eigenvalue weighted by Gasteiger charge is -2.23. The zero-order valence-corrected chi connectivity index (χ0v) is 20.7. The molecule has 0 radical (unpaired) electrons. The number of carbonyl (C=O) groups is 1. The summed E-state index contributed by atoms with van der Waals surface area (Å²) in [5.41, 5.74) is 2.74. The molecule has 1 aliphatic carbocycles. The van der Waals surface area contributed by atoms with Gasteiger partial charge in [-0.3, -0.25) is 4.79 Å². The van der Waals surface area contributed by atoms with Crippen LogP contribution in [0, 0.1) is 12.7 Å². The number of nitrogens with zero attached hydrogens (tertiary/aromatic N) is 3. The van der Waals surface area contributed by atoms with Crippen molar-refractivity contribution in [1.82, 2.24) is 14.7 Å². The average Bonchev–Trinajstić information content (AvgIpc) is 3.68. The summed E-state index contributed by atoms with van der Waals surface area (Å²) in [5, 5.41) is 5.31. The monoisotopic (exact) mass is 505 g/mol. The van der Waals surface area contributed by atoms with Crippen molar-refractivity contribution in [2.24, 2.45) is 0 Å². The van der Waals surface area contributed by atoms with Gasteiger partial charge in [-0.1, -0.05) is 23.7 Å². The average molecular weight is 506 g/mol. The number of amides is 1. The second-order valence-electron chi connectivity index (χ2n) is 8.71. The normalized spacial score (nSPS) is 12.9. The van der Waals surface area contributed by atoms with Crippen LogP contribution in [0.25, 0.3) is 5.69 Å². The van der Waals surface area contributed by atoms with Gasteiger partial charge in [-0.25, -0.2) is 9.07 Å². The minimum atomic E-state index is -0.406. The maximum absolute atomic E-state index is 13.9. The summed E-state index contributed by atoms with van der Waals surface area (Å²) in [6.45, 7) is 2.17.